The van der Waals surface area contributed by atoms with E-state index in [1.54, 1.807) is 10.7 Å². The van der Waals surface area contributed by atoms with Crippen molar-refractivity contribution in [2.75, 3.05) is 23.3 Å². The summed E-state index contributed by atoms with van der Waals surface area (Å²) in [5.74, 6) is 0.949. The summed E-state index contributed by atoms with van der Waals surface area (Å²) >= 11 is 0. The second-order valence-electron chi connectivity index (χ2n) is 4.07. The van der Waals surface area contributed by atoms with E-state index in [1.807, 2.05) is 12.3 Å². The molecule has 1 N–H and O–H groups in total. The Bertz CT molecular complexity index is 544. The normalized spacial score (nSPS) is 15.4. The first-order chi connectivity index (χ1) is 8.38. The van der Waals surface area contributed by atoms with Crippen LogP contribution in [0, 0.1) is 0 Å². The van der Waals surface area contributed by atoms with Gasteiger partial charge in [0, 0.05) is 19.3 Å². The van der Waals surface area contributed by atoms with E-state index >= 15 is 0 Å². The average molecular weight is 231 g/mol. The second kappa shape index (κ2) is 4.04. The van der Waals surface area contributed by atoms with Gasteiger partial charge in [0.1, 0.15) is 11.5 Å². The maximum absolute atomic E-state index is 10.5. The molecule has 0 spiro atoms. The predicted octanol–water partition coefficient (Wildman–Crippen LogP) is 0.898. The first-order valence-electron chi connectivity index (χ1n) is 5.68. The zero-order valence-corrected chi connectivity index (χ0v) is 9.33. The number of hydrogen-bond donors (Lipinski definition) is 1. The summed E-state index contributed by atoms with van der Waals surface area (Å²) in [5.41, 5.74) is 1.32. The number of amides is 1. The Hall–Kier alpha value is -2.11. The standard InChI is InChI=1S/C11H13N5O/c17-8-12-9-7-13-16-6-3-10(14-11(9)16)15-4-1-2-5-15/h3,6-8H,1-2,4-5H2,(H,12,17). The summed E-state index contributed by atoms with van der Waals surface area (Å²) in [5, 5.41) is 6.72. The molecule has 17 heavy (non-hydrogen) atoms. The van der Waals surface area contributed by atoms with Crippen molar-refractivity contribution < 1.29 is 4.79 Å². The quantitative estimate of drug-likeness (QED) is 0.797. The lowest BCUT2D eigenvalue weighted by atomic mass is 10.4. The average Bonchev–Trinajstić information content (AvgIpc) is 2.98. The first-order valence-corrected chi connectivity index (χ1v) is 5.68. The van der Waals surface area contributed by atoms with Gasteiger partial charge in [-0.15, -0.1) is 0 Å². The molecule has 0 saturated carbocycles. The van der Waals surface area contributed by atoms with Crippen LogP contribution in [-0.4, -0.2) is 34.1 Å². The third-order valence-electron chi connectivity index (χ3n) is 3.00. The maximum Gasteiger partial charge on any atom is 0.211 e. The van der Waals surface area contributed by atoms with Crippen molar-refractivity contribution in [3.8, 4) is 0 Å². The van der Waals surface area contributed by atoms with Crippen molar-refractivity contribution in [1.29, 1.82) is 0 Å². The Morgan fingerprint density at radius 1 is 1.35 bits per heavy atom. The van der Waals surface area contributed by atoms with Gasteiger partial charge in [-0.3, -0.25) is 4.79 Å². The fourth-order valence-corrected chi connectivity index (χ4v) is 2.15. The van der Waals surface area contributed by atoms with Crippen LogP contribution in [0.25, 0.3) is 5.65 Å². The Kier molecular flexibility index (Phi) is 2.40. The smallest absolute Gasteiger partial charge is 0.211 e. The fraction of sp³-hybridized carbons (Fsp3) is 0.364. The van der Waals surface area contributed by atoms with Crippen molar-refractivity contribution in [2.24, 2.45) is 0 Å². The van der Waals surface area contributed by atoms with Gasteiger partial charge in [-0.05, 0) is 18.9 Å². The highest BCUT2D eigenvalue weighted by atomic mass is 16.1. The van der Waals surface area contributed by atoms with Crippen molar-refractivity contribution in [2.45, 2.75) is 12.8 Å². The summed E-state index contributed by atoms with van der Waals surface area (Å²) in [6.07, 6.45) is 6.54. The monoisotopic (exact) mass is 231 g/mol. The number of rotatable bonds is 3. The molecule has 3 rings (SSSR count). The lowest BCUT2D eigenvalue weighted by Crippen LogP contribution is -2.19. The minimum absolute atomic E-state index is 0.640. The van der Waals surface area contributed by atoms with Gasteiger partial charge in [-0.1, -0.05) is 0 Å². The molecule has 0 atom stereocenters. The third kappa shape index (κ3) is 1.71. The van der Waals surface area contributed by atoms with Crippen LogP contribution in [-0.2, 0) is 4.79 Å². The minimum atomic E-state index is 0.640. The highest BCUT2D eigenvalue weighted by Gasteiger charge is 2.15. The van der Waals surface area contributed by atoms with E-state index in [0.717, 1.165) is 18.9 Å². The predicted molar refractivity (Wildman–Crippen MR) is 64.1 cm³/mol. The molecule has 88 valence electrons. The molecule has 2 aromatic heterocycles. The van der Waals surface area contributed by atoms with E-state index in [9.17, 15) is 4.79 Å². The van der Waals surface area contributed by atoms with E-state index in [-0.39, 0.29) is 0 Å². The van der Waals surface area contributed by atoms with Gasteiger partial charge >= 0.3 is 0 Å². The highest BCUT2D eigenvalue weighted by Crippen LogP contribution is 2.21. The molecule has 0 bridgehead atoms. The number of fused-ring (bicyclic) bond motifs is 1. The van der Waals surface area contributed by atoms with E-state index in [1.165, 1.54) is 12.8 Å². The number of hydrogen-bond acceptors (Lipinski definition) is 4. The molecular formula is C11H13N5O. The molecule has 1 fully saturated rings. The first kappa shape index (κ1) is 10.1. The lowest BCUT2D eigenvalue weighted by Gasteiger charge is -2.15. The minimum Gasteiger partial charge on any atom is -0.356 e. The van der Waals surface area contributed by atoms with Crippen LogP contribution in [0.3, 0.4) is 0 Å². The second-order valence-corrected chi connectivity index (χ2v) is 4.07. The number of aromatic nitrogens is 3. The summed E-state index contributed by atoms with van der Waals surface area (Å²) in [6, 6.07) is 1.95. The van der Waals surface area contributed by atoms with Gasteiger partial charge < -0.3 is 10.2 Å². The van der Waals surface area contributed by atoms with Gasteiger partial charge in [0.25, 0.3) is 0 Å². The van der Waals surface area contributed by atoms with Crippen LogP contribution in [0.5, 0.6) is 0 Å². The highest BCUT2D eigenvalue weighted by molar-refractivity contribution is 5.80. The number of carbonyl (C=O) groups excluding carboxylic acids is 1. The molecule has 6 heteroatoms. The Balaban J connectivity index is 2.03. The molecule has 1 amide bonds. The van der Waals surface area contributed by atoms with E-state index < -0.39 is 0 Å². The number of nitrogens with one attached hydrogen (secondary N) is 1. The zero-order valence-electron chi connectivity index (χ0n) is 9.33. The largest absolute Gasteiger partial charge is 0.356 e. The number of anilines is 2. The summed E-state index contributed by atoms with van der Waals surface area (Å²) in [6.45, 7) is 2.10. The molecule has 1 aliphatic rings. The topological polar surface area (TPSA) is 62.5 Å². The zero-order chi connectivity index (χ0) is 11.7. The molecular weight excluding hydrogens is 218 g/mol. The van der Waals surface area contributed by atoms with Crippen LogP contribution in [0.4, 0.5) is 11.5 Å². The van der Waals surface area contributed by atoms with E-state index in [4.69, 9.17) is 0 Å². The van der Waals surface area contributed by atoms with E-state index in [0.29, 0.717) is 17.7 Å². The number of carbonyl (C=O) groups is 1. The SMILES string of the molecule is O=CNc1cnn2ccc(N3CCCC3)nc12. The summed E-state index contributed by atoms with van der Waals surface area (Å²) in [4.78, 5) is 17.3. The molecule has 0 radical (unpaired) electrons. The Morgan fingerprint density at radius 2 is 2.18 bits per heavy atom. The lowest BCUT2D eigenvalue weighted by molar-refractivity contribution is -0.105. The third-order valence-corrected chi connectivity index (χ3v) is 3.00. The van der Waals surface area contributed by atoms with Crippen molar-refractivity contribution in [3.63, 3.8) is 0 Å². The van der Waals surface area contributed by atoms with Crippen LogP contribution in [0.1, 0.15) is 12.8 Å². The van der Waals surface area contributed by atoms with Gasteiger partial charge in [-0.25, -0.2) is 9.50 Å². The van der Waals surface area contributed by atoms with E-state index in [2.05, 4.69) is 20.3 Å². The summed E-state index contributed by atoms with van der Waals surface area (Å²) in [7, 11) is 0. The molecule has 3 heterocycles. The van der Waals surface area contributed by atoms with Gasteiger partial charge in [0.2, 0.25) is 6.41 Å². The van der Waals surface area contributed by atoms with Crippen LogP contribution in [0.2, 0.25) is 0 Å². The van der Waals surface area contributed by atoms with Crippen LogP contribution < -0.4 is 10.2 Å². The van der Waals surface area contributed by atoms with Crippen LogP contribution >= 0.6 is 0 Å². The summed E-state index contributed by atoms with van der Waals surface area (Å²) < 4.78 is 1.66. The molecule has 2 aromatic rings. The van der Waals surface area contributed by atoms with Crippen molar-refractivity contribution in [3.05, 3.63) is 18.5 Å². The molecule has 0 unspecified atom stereocenters. The maximum atomic E-state index is 10.5. The van der Waals surface area contributed by atoms with Crippen molar-refractivity contribution >= 4 is 23.6 Å². The fourth-order valence-electron chi connectivity index (χ4n) is 2.15. The molecule has 0 aliphatic carbocycles. The molecule has 0 aromatic carbocycles. The van der Waals surface area contributed by atoms with Gasteiger partial charge in [0.15, 0.2) is 5.65 Å². The Morgan fingerprint density at radius 3 is 2.94 bits per heavy atom. The number of nitrogens with zero attached hydrogens (tertiary/aromatic N) is 4. The Labute approximate surface area is 98.2 Å². The van der Waals surface area contributed by atoms with Crippen molar-refractivity contribution in [1.82, 2.24) is 14.6 Å². The van der Waals surface area contributed by atoms with Gasteiger partial charge in [-0.2, -0.15) is 5.10 Å². The van der Waals surface area contributed by atoms with Crippen LogP contribution in [0.15, 0.2) is 18.5 Å². The van der Waals surface area contributed by atoms with Gasteiger partial charge in [0.05, 0.1) is 6.20 Å². The molecule has 1 saturated heterocycles. The molecule has 6 nitrogen and oxygen atoms in total. The molecule has 1 aliphatic heterocycles.